The second kappa shape index (κ2) is 81.2. The van der Waals surface area contributed by atoms with E-state index in [4.69, 9.17) is 0 Å². The molecule has 16 heteroatoms. The molecular formula is C68H116O3S13. The molecule has 2 aliphatic rings. The largest absolute Gasteiger partial charge is 0.302 e. The fourth-order valence-corrected chi connectivity index (χ4v) is 16.1. The second-order valence-electron chi connectivity index (χ2n) is 17.4. The Bertz CT molecular complexity index is 1750. The Balaban J connectivity index is -0.000000220. The van der Waals surface area contributed by atoms with Crippen LogP contribution >= 0.6 is 153 Å². The van der Waals surface area contributed by atoms with Crippen molar-refractivity contribution < 1.29 is 14.4 Å². The molecule has 4 aromatic rings. The van der Waals surface area contributed by atoms with Crippen molar-refractivity contribution in [2.45, 2.75) is 145 Å². The highest BCUT2D eigenvalue weighted by molar-refractivity contribution is 8.77. The molecule has 6 rings (SSSR count). The van der Waals surface area contributed by atoms with Crippen molar-refractivity contribution >= 4 is 174 Å². The van der Waals surface area contributed by atoms with Gasteiger partial charge in [0.15, 0.2) is 5.12 Å². The summed E-state index contributed by atoms with van der Waals surface area (Å²) in [5, 5.41) is 0.327. The highest BCUT2D eigenvalue weighted by Gasteiger charge is 2.06. The maximum absolute atomic E-state index is 11.9. The van der Waals surface area contributed by atoms with Crippen molar-refractivity contribution in [3.63, 3.8) is 0 Å². The third-order valence-electron chi connectivity index (χ3n) is 10.2. The molecule has 4 aromatic carbocycles. The summed E-state index contributed by atoms with van der Waals surface area (Å²) in [5.41, 5.74) is 4.83. The predicted octanol–water partition coefficient (Wildman–Crippen LogP) is 24.3. The molecule has 0 radical (unpaired) electrons. The van der Waals surface area contributed by atoms with E-state index in [1.165, 1.54) is 157 Å². The fraction of sp³-hybridized carbons (Fsp3) is 0.574. The number of thioether (sulfide) groups is 9. The summed E-state index contributed by atoms with van der Waals surface area (Å²) in [6.45, 7) is 10.0. The SMILES string of the molecule is C.C.C.C.C1CCSCC1.C1CSSC1.C=C(SCCCSC(=O)c1ccccc1)c1ccccc1.CC(=O)SCCCSCC=O.CCCCCS.CCCCS.CSCCCSC.c1ccc(CSCCCSCc2ccccc2)cc1. The fourth-order valence-electron chi connectivity index (χ4n) is 5.93. The number of carbonyl (C=O) groups is 3. The van der Waals surface area contributed by atoms with Crippen molar-refractivity contribution in [3.05, 3.63) is 150 Å². The minimum atomic E-state index is 0. The lowest BCUT2D eigenvalue weighted by Crippen LogP contribution is -1.95. The van der Waals surface area contributed by atoms with Gasteiger partial charge >= 0.3 is 0 Å². The summed E-state index contributed by atoms with van der Waals surface area (Å²) in [7, 11) is 3.98. The van der Waals surface area contributed by atoms with E-state index < -0.39 is 0 Å². The van der Waals surface area contributed by atoms with Crippen LogP contribution in [0.3, 0.4) is 0 Å². The molecule has 3 nitrogen and oxygen atoms in total. The number of benzene rings is 4. The molecule has 0 spiro atoms. The quantitative estimate of drug-likeness (QED) is 0.0226. The van der Waals surface area contributed by atoms with Crippen LogP contribution < -0.4 is 0 Å². The van der Waals surface area contributed by atoms with E-state index >= 15 is 0 Å². The van der Waals surface area contributed by atoms with Crippen LogP contribution in [0.2, 0.25) is 0 Å². The summed E-state index contributed by atoms with van der Waals surface area (Å²) in [6, 6.07) is 41.1. The van der Waals surface area contributed by atoms with E-state index in [0.29, 0.717) is 5.75 Å². The lowest BCUT2D eigenvalue weighted by molar-refractivity contribution is -0.109. The molecule has 0 N–H and O–H groups in total. The molecule has 0 bridgehead atoms. The number of hydrogen-bond donors (Lipinski definition) is 2. The average Bonchev–Trinajstić information content (AvgIpc) is 4.18. The molecule has 2 fully saturated rings. The van der Waals surface area contributed by atoms with Gasteiger partial charge in [-0.05, 0) is 145 Å². The Morgan fingerprint density at radius 3 is 1.27 bits per heavy atom. The van der Waals surface area contributed by atoms with Crippen LogP contribution in [-0.2, 0) is 21.1 Å². The van der Waals surface area contributed by atoms with Crippen LogP contribution in [0.25, 0.3) is 4.91 Å². The second-order valence-corrected chi connectivity index (χ2v) is 31.1. The Hall–Kier alpha value is 0.180. The molecule has 84 heavy (non-hydrogen) atoms. The number of rotatable bonds is 30. The van der Waals surface area contributed by atoms with Crippen LogP contribution in [-0.4, -0.2) is 115 Å². The minimum absolute atomic E-state index is 0. The summed E-state index contributed by atoms with van der Waals surface area (Å²) >= 11 is 24.2. The van der Waals surface area contributed by atoms with Crippen molar-refractivity contribution in [1.29, 1.82) is 0 Å². The normalized spacial score (nSPS) is 11.3. The zero-order valence-electron chi connectivity index (χ0n) is 49.2. The van der Waals surface area contributed by atoms with Gasteiger partial charge in [0.1, 0.15) is 6.29 Å². The lowest BCUT2D eigenvalue weighted by Gasteiger charge is -2.05. The van der Waals surface area contributed by atoms with E-state index in [9.17, 15) is 14.4 Å². The first-order valence-corrected chi connectivity index (χ1v) is 42.3. The van der Waals surface area contributed by atoms with Gasteiger partial charge in [-0.1, -0.05) is 242 Å². The van der Waals surface area contributed by atoms with Gasteiger partial charge in [-0.2, -0.15) is 95.8 Å². The van der Waals surface area contributed by atoms with Crippen LogP contribution in [0, 0.1) is 0 Å². The molecule has 2 heterocycles. The van der Waals surface area contributed by atoms with Crippen LogP contribution in [0.1, 0.15) is 161 Å². The smallest absolute Gasteiger partial charge is 0.219 e. The first kappa shape index (κ1) is 95.3. The van der Waals surface area contributed by atoms with Crippen LogP contribution in [0.4, 0.5) is 0 Å². The third-order valence-corrected chi connectivity index (χ3v) is 22.1. The average molecular weight is 1400 g/mol. The molecule has 0 aromatic heterocycles. The van der Waals surface area contributed by atoms with Gasteiger partial charge in [0.05, 0.1) is 0 Å². The van der Waals surface area contributed by atoms with E-state index in [1.807, 2.05) is 117 Å². The van der Waals surface area contributed by atoms with Crippen LogP contribution in [0.5, 0.6) is 0 Å². The predicted molar refractivity (Wildman–Crippen MR) is 428 cm³/mol. The first-order valence-electron chi connectivity index (χ1n) is 28.2. The van der Waals surface area contributed by atoms with Gasteiger partial charge in [0.25, 0.3) is 0 Å². The van der Waals surface area contributed by atoms with Crippen LogP contribution in [0.15, 0.2) is 128 Å². The lowest BCUT2D eigenvalue weighted by atomic mass is 10.2. The van der Waals surface area contributed by atoms with Crippen molar-refractivity contribution in [3.8, 4) is 0 Å². The van der Waals surface area contributed by atoms with Gasteiger partial charge in [0.2, 0.25) is 5.12 Å². The Kier molecular flexibility index (Phi) is 92.1. The van der Waals surface area contributed by atoms with Gasteiger partial charge < -0.3 is 4.79 Å². The molecule has 0 amide bonds. The standard InChI is InChI=1S/C18H18OS2.C17H20S2.C7H12O2S2.C5H12S2.C5H10S.C5H12S.C4H10S.C3H6S2.4CH4/c1-15(16-9-4-2-5-10-16)20-13-8-14-21-18(19)17-11-6-3-7-12-17;1-3-8-16(9-4-1)14-18-12-7-13-19-15-17-10-5-2-6-11-17;1-7(9)11-5-2-4-10-6-3-8;1-6-4-3-5-7-2;1-2-4-6-5-3-1;1-2-3-4-5-6;1-2-3-4-5;1-2-4-5-3-1;;;;/h2-7,9-12H,1,8,13-14H2;1-6,8-11H,7,12-15H2;3H,2,4-6H2,1H3;3-5H2,1-2H3;1-5H2;6H,2-5H2,1H3;5H,2-4H2,1H3;1-3H2;4*1H4. The molecule has 2 saturated heterocycles. The number of thiol groups is 2. The summed E-state index contributed by atoms with van der Waals surface area (Å²) in [4.78, 5) is 33.3. The van der Waals surface area contributed by atoms with Gasteiger partial charge in [-0.3, -0.25) is 9.59 Å². The van der Waals surface area contributed by atoms with Crippen molar-refractivity contribution in [2.24, 2.45) is 0 Å². The number of hydrogen-bond acceptors (Lipinski definition) is 16. The number of unbranched alkanes of at least 4 members (excludes halogenated alkanes) is 3. The van der Waals surface area contributed by atoms with Gasteiger partial charge in [0, 0.05) is 57.7 Å². The summed E-state index contributed by atoms with van der Waals surface area (Å²) in [6.07, 6.45) is 22.2. The summed E-state index contributed by atoms with van der Waals surface area (Å²) < 4.78 is 0. The molecule has 0 aliphatic carbocycles. The van der Waals surface area contributed by atoms with Crippen molar-refractivity contribution in [1.82, 2.24) is 0 Å². The van der Waals surface area contributed by atoms with Crippen molar-refractivity contribution in [2.75, 3.05) is 98.8 Å². The van der Waals surface area contributed by atoms with Gasteiger partial charge in [-0.15, -0.1) is 11.8 Å². The minimum Gasteiger partial charge on any atom is -0.302 e. The van der Waals surface area contributed by atoms with E-state index in [1.54, 1.807) is 30.4 Å². The zero-order chi connectivity index (χ0) is 58.9. The molecule has 2 aliphatic heterocycles. The highest BCUT2D eigenvalue weighted by atomic mass is 33.1. The maximum Gasteiger partial charge on any atom is 0.219 e. The maximum atomic E-state index is 11.9. The Morgan fingerprint density at radius 2 is 0.905 bits per heavy atom. The molecular weight excluding hydrogens is 1280 g/mol. The first-order chi connectivity index (χ1) is 39.2. The topological polar surface area (TPSA) is 51.2 Å². The monoisotopic (exact) mass is 1400 g/mol. The van der Waals surface area contributed by atoms with E-state index in [2.05, 4.69) is 143 Å². The summed E-state index contributed by atoms with van der Waals surface area (Å²) in [5.74, 6) is 19.4. The Morgan fingerprint density at radius 1 is 0.488 bits per heavy atom. The molecule has 0 atom stereocenters. The third kappa shape index (κ3) is 72.9. The highest BCUT2D eigenvalue weighted by Crippen LogP contribution is 2.30. The molecule has 484 valence electrons. The Labute approximate surface area is 577 Å². The van der Waals surface area contributed by atoms with Gasteiger partial charge in [-0.25, -0.2) is 0 Å². The number of carbonyl (C=O) groups excluding carboxylic acids is 3. The van der Waals surface area contributed by atoms with E-state index in [0.717, 1.165) is 75.6 Å². The van der Waals surface area contributed by atoms with E-state index in [-0.39, 0.29) is 39.9 Å². The zero-order valence-corrected chi connectivity index (χ0v) is 59.9. The molecule has 0 saturated carbocycles. The number of aldehydes is 1. The molecule has 0 unspecified atom stereocenters.